The van der Waals surface area contributed by atoms with Crippen LogP contribution in [-0.4, -0.2) is 22.1 Å². The van der Waals surface area contributed by atoms with Crippen LogP contribution < -0.4 is 11.1 Å². The van der Waals surface area contributed by atoms with Crippen LogP contribution in [0.1, 0.15) is 31.4 Å². The number of nitrogens with zero attached hydrogens (tertiary/aromatic N) is 2. The molecule has 17 heavy (non-hydrogen) atoms. The van der Waals surface area contributed by atoms with Crippen LogP contribution in [0.5, 0.6) is 0 Å². The van der Waals surface area contributed by atoms with Gasteiger partial charge in [-0.3, -0.25) is 0 Å². The lowest BCUT2D eigenvalue weighted by Crippen LogP contribution is -2.37. The molecule has 1 aromatic heterocycles. The molecule has 6 heteroatoms. The number of nitrogens with one attached hydrogen (secondary N) is 1. The van der Waals surface area contributed by atoms with E-state index in [4.69, 9.17) is 17.3 Å². The van der Waals surface area contributed by atoms with Gasteiger partial charge in [0.2, 0.25) is 5.28 Å². The zero-order valence-electron chi connectivity index (χ0n) is 9.60. The molecule has 0 aliphatic heterocycles. The molecule has 1 aliphatic rings. The molecular formula is C11H18Cl2N4. The van der Waals surface area contributed by atoms with E-state index in [2.05, 4.69) is 15.3 Å². The summed E-state index contributed by atoms with van der Waals surface area (Å²) in [5.74, 6) is 0. The Morgan fingerprint density at radius 3 is 2.71 bits per heavy atom. The van der Waals surface area contributed by atoms with Gasteiger partial charge in [0.25, 0.3) is 0 Å². The van der Waals surface area contributed by atoms with Gasteiger partial charge in [-0.1, -0.05) is 0 Å². The molecule has 3 N–H and O–H groups in total. The second-order valence-electron chi connectivity index (χ2n) is 4.31. The number of rotatable bonds is 3. The molecule has 4 nitrogen and oxygen atoms in total. The van der Waals surface area contributed by atoms with Crippen molar-refractivity contribution in [3.63, 3.8) is 0 Å². The fraction of sp³-hybridized carbons (Fsp3) is 0.636. The summed E-state index contributed by atoms with van der Waals surface area (Å²) in [6.07, 6.45) is 6.22. The van der Waals surface area contributed by atoms with E-state index in [1.165, 1.54) is 0 Å². The van der Waals surface area contributed by atoms with E-state index < -0.39 is 0 Å². The van der Waals surface area contributed by atoms with Crippen LogP contribution >= 0.6 is 24.0 Å². The predicted octanol–water partition coefficient (Wildman–Crippen LogP) is 1.91. The highest BCUT2D eigenvalue weighted by Gasteiger charge is 2.17. The first-order chi connectivity index (χ1) is 7.74. The van der Waals surface area contributed by atoms with Gasteiger partial charge in [0.1, 0.15) is 0 Å². The van der Waals surface area contributed by atoms with Crippen LogP contribution in [-0.2, 0) is 6.54 Å². The lowest BCUT2D eigenvalue weighted by atomic mass is 9.92. The highest BCUT2D eigenvalue weighted by molar-refractivity contribution is 6.28. The van der Waals surface area contributed by atoms with E-state index in [0.717, 1.165) is 37.9 Å². The van der Waals surface area contributed by atoms with Crippen molar-refractivity contribution in [2.24, 2.45) is 5.73 Å². The number of halogens is 2. The molecule has 1 heterocycles. The van der Waals surface area contributed by atoms with Crippen LogP contribution in [0, 0.1) is 0 Å². The van der Waals surface area contributed by atoms with E-state index in [9.17, 15) is 0 Å². The molecule has 0 radical (unpaired) electrons. The average Bonchev–Trinajstić information content (AvgIpc) is 2.28. The highest BCUT2D eigenvalue weighted by Crippen LogP contribution is 2.17. The van der Waals surface area contributed by atoms with Crippen LogP contribution in [0.3, 0.4) is 0 Å². The lowest BCUT2D eigenvalue weighted by molar-refractivity contribution is 0.340. The summed E-state index contributed by atoms with van der Waals surface area (Å²) in [5, 5.41) is 3.79. The third-order valence-corrected chi connectivity index (χ3v) is 3.21. The van der Waals surface area contributed by atoms with Crippen LogP contribution in [0.4, 0.5) is 0 Å². The van der Waals surface area contributed by atoms with Crippen molar-refractivity contribution in [2.75, 3.05) is 0 Å². The first-order valence-electron chi connectivity index (χ1n) is 5.70. The van der Waals surface area contributed by atoms with Crippen molar-refractivity contribution in [1.82, 2.24) is 15.3 Å². The second-order valence-corrected chi connectivity index (χ2v) is 4.65. The minimum Gasteiger partial charge on any atom is -0.328 e. The zero-order chi connectivity index (χ0) is 11.4. The van der Waals surface area contributed by atoms with Crippen molar-refractivity contribution < 1.29 is 0 Å². The molecule has 1 fully saturated rings. The Labute approximate surface area is 113 Å². The molecule has 0 bridgehead atoms. The number of hydrogen-bond donors (Lipinski definition) is 2. The fourth-order valence-corrected chi connectivity index (χ4v) is 2.21. The summed E-state index contributed by atoms with van der Waals surface area (Å²) in [6.45, 7) is 0.752. The van der Waals surface area contributed by atoms with Crippen LogP contribution in [0.25, 0.3) is 0 Å². The standard InChI is InChI=1S/C11H17ClN4.ClH/c12-11-14-6-5-10(16-11)7-15-9-3-1-8(13)2-4-9;/h5-6,8-9,15H,1-4,7,13H2;1H. The highest BCUT2D eigenvalue weighted by atomic mass is 35.5. The van der Waals surface area contributed by atoms with E-state index in [1.54, 1.807) is 6.20 Å². The normalized spacial score (nSPS) is 24.1. The molecule has 0 unspecified atom stereocenters. The van der Waals surface area contributed by atoms with Crippen molar-refractivity contribution in [3.05, 3.63) is 23.2 Å². The number of hydrogen-bond acceptors (Lipinski definition) is 4. The molecule has 0 saturated heterocycles. The Hall–Kier alpha value is -0.420. The van der Waals surface area contributed by atoms with E-state index in [1.807, 2.05) is 6.07 Å². The van der Waals surface area contributed by atoms with Gasteiger partial charge < -0.3 is 11.1 Å². The quantitative estimate of drug-likeness (QED) is 0.828. The molecule has 96 valence electrons. The minimum atomic E-state index is 0. The van der Waals surface area contributed by atoms with Crippen molar-refractivity contribution in [3.8, 4) is 0 Å². The smallest absolute Gasteiger partial charge is 0.222 e. The summed E-state index contributed by atoms with van der Waals surface area (Å²) >= 11 is 5.72. The van der Waals surface area contributed by atoms with Crippen molar-refractivity contribution >= 4 is 24.0 Å². The third-order valence-electron chi connectivity index (χ3n) is 3.03. The Balaban J connectivity index is 0.00000144. The topological polar surface area (TPSA) is 63.8 Å². The van der Waals surface area contributed by atoms with Crippen molar-refractivity contribution in [1.29, 1.82) is 0 Å². The maximum absolute atomic E-state index is 5.86. The third kappa shape index (κ3) is 4.76. The average molecular weight is 277 g/mol. The monoisotopic (exact) mass is 276 g/mol. The molecule has 0 aromatic carbocycles. The SMILES string of the molecule is Cl.NC1CCC(NCc2ccnc(Cl)n2)CC1. The molecule has 1 saturated carbocycles. The maximum Gasteiger partial charge on any atom is 0.222 e. The summed E-state index contributed by atoms with van der Waals surface area (Å²) in [5.41, 5.74) is 6.80. The maximum atomic E-state index is 5.86. The molecule has 1 aromatic rings. The van der Waals surface area contributed by atoms with E-state index in [0.29, 0.717) is 17.4 Å². The molecule has 0 atom stereocenters. The second kappa shape index (κ2) is 7.11. The van der Waals surface area contributed by atoms with Gasteiger partial charge in [0, 0.05) is 24.8 Å². The van der Waals surface area contributed by atoms with E-state index in [-0.39, 0.29) is 12.4 Å². The summed E-state index contributed by atoms with van der Waals surface area (Å²) < 4.78 is 0. The fourth-order valence-electron chi connectivity index (χ4n) is 2.04. The van der Waals surface area contributed by atoms with Gasteiger partial charge in [-0.15, -0.1) is 12.4 Å². The first-order valence-corrected chi connectivity index (χ1v) is 6.08. The summed E-state index contributed by atoms with van der Waals surface area (Å²) in [6, 6.07) is 2.84. The summed E-state index contributed by atoms with van der Waals surface area (Å²) in [4.78, 5) is 7.99. The molecular weight excluding hydrogens is 259 g/mol. The van der Waals surface area contributed by atoms with Crippen LogP contribution in [0.15, 0.2) is 12.3 Å². The Bertz CT molecular complexity index is 340. The van der Waals surface area contributed by atoms with Gasteiger partial charge >= 0.3 is 0 Å². The van der Waals surface area contributed by atoms with Gasteiger partial charge in [0.15, 0.2) is 0 Å². The number of nitrogens with two attached hydrogens (primary N) is 1. The molecule has 0 amide bonds. The molecule has 1 aliphatic carbocycles. The van der Waals surface area contributed by atoms with Gasteiger partial charge in [-0.25, -0.2) is 9.97 Å². The Morgan fingerprint density at radius 2 is 2.06 bits per heavy atom. The minimum absolute atomic E-state index is 0. The van der Waals surface area contributed by atoms with Gasteiger partial charge in [-0.2, -0.15) is 0 Å². The lowest BCUT2D eigenvalue weighted by Gasteiger charge is -2.26. The zero-order valence-corrected chi connectivity index (χ0v) is 11.2. The molecule has 2 rings (SSSR count). The van der Waals surface area contributed by atoms with Gasteiger partial charge in [-0.05, 0) is 43.4 Å². The Kier molecular flexibility index (Phi) is 6.12. The largest absolute Gasteiger partial charge is 0.328 e. The predicted molar refractivity (Wildman–Crippen MR) is 71.4 cm³/mol. The van der Waals surface area contributed by atoms with E-state index >= 15 is 0 Å². The first kappa shape index (κ1) is 14.6. The van der Waals surface area contributed by atoms with Crippen LogP contribution in [0.2, 0.25) is 5.28 Å². The summed E-state index contributed by atoms with van der Waals surface area (Å²) in [7, 11) is 0. The van der Waals surface area contributed by atoms with Gasteiger partial charge in [0.05, 0.1) is 5.69 Å². The Morgan fingerprint density at radius 1 is 1.35 bits per heavy atom. The van der Waals surface area contributed by atoms with Crippen molar-refractivity contribution in [2.45, 2.75) is 44.3 Å². The molecule has 0 spiro atoms. The number of aromatic nitrogens is 2.